The topological polar surface area (TPSA) is 75.6 Å². The molecule has 5 heteroatoms. The van der Waals surface area contributed by atoms with Crippen LogP contribution < -0.4 is 5.32 Å². The van der Waals surface area contributed by atoms with Crippen molar-refractivity contribution in [2.45, 2.75) is 51.7 Å². The van der Waals surface area contributed by atoms with Crippen molar-refractivity contribution < 1.29 is 19.4 Å². The smallest absolute Gasteiger partial charge is 0.326 e. The number of carboxylic acids is 1. The number of carbonyl (C=O) groups is 2. The molecule has 1 heterocycles. The Labute approximate surface area is 102 Å². The van der Waals surface area contributed by atoms with Crippen molar-refractivity contribution in [3.8, 4) is 0 Å². The number of amides is 1. The van der Waals surface area contributed by atoms with Crippen LogP contribution in [0.2, 0.25) is 0 Å². The Morgan fingerprint density at radius 1 is 1.41 bits per heavy atom. The van der Waals surface area contributed by atoms with E-state index >= 15 is 0 Å². The first-order valence-electron chi connectivity index (χ1n) is 6.15. The molecule has 1 fully saturated rings. The highest BCUT2D eigenvalue weighted by molar-refractivity contribution is 5.86. The van der Waals surface area contributed by atoms with E-state index in [1.165, 1.54) is 0 Å². The van der Waals surface area contributed by atoms with E-state index in [1.54, 1.807) is 0 Å². The molecule has 2 unspecified atom stereocenters. The fourth-order valence-electron chi connectivity index (χ4n) is 1.91. The molecule has 0 aliphatic carbocycles. The second kappa shape index (κ2) is 6.59. The zero-order valence-electron chi connectivity index (χ0n) is 10.4. The number of hydrogen-bond donors (Lipinski definition) is 2. The molecule has 0 aromatic rings. The first-order chi connectivity index (χ1) is 8.00. The number of ether oxygens (including phenoxy) is 1. The van der Waals surface area contributed by atoms with Crippen molar-refractivity contribution in [2.75, 3.05) is 6.61 Å². The summed E-state index contributed by atoms with van der Waals surface area (Å²) < 4.78 is 5.32. The normalized spacial score (nSPS) is 22.2. The van der Waals surface area contributed by atoms with Crippen molar-refractivity contribution in [2.24, 2.45) is 5.92 Å². The minimum absolute atomic E-state index is 0.226. The Kier molecular flexibility index (Phi) is 5.41. The standard InChI is InChI=1S/C12H21NO4/c1-8(2)7-9(12(15)16)13-11(14)10-5-3-4-6-17-10/h8-10H,3-7H2,1-2H3,(H,13,14)(H,15,16). The SMILES string of the molecule is CC(C)CC(NC(=O)C1CCCCO1)C(=O)O. The molecule has 2 atom stereocenters. The Bertz CT molecular complexity index is 272. The van der Waals surface area contributed by atoms with Gasteiger partial charge in [0, 0.05) is 6.61 Å². The molecule has 1 aliphatic heterocycles. The Morgan fingerprint density at radius 3 is 2.59 bits per heavy atom. The minimum Gasteiger partial charge on any atom is -0.480 e. The van der Waals surface area contributed by atoms with Crippen molar-refractivity contribution >= 4 is 11.9 Å². The van der Waals surface area contributed by atoms with E-state index in [0.717, 1.165) is 12.8 Å². The van der Waals surface area contributed by atoms with Crippen LogP contribution in [0, 0.1) is 5.92 Å². The van der Waals surface area contributed by atoms with Crippen LogP contribution in [-0.4, -0.2) is 35.7 Å². The van der Waals surface area contributed by atoms with Crippen molar-refractivity contribution in [3.63, 3.8) is 0 Å². The molecular weight excluding hydrogens is 222 g/mol. The average Bonchev–Trinajstić information content (AvgIpc) is 2.28. The fraction of sp³-hybridized carbons (Fsp3) is 0.833. The molecule has 1 saturated heterocycles. The van der Waals surface area contributed by atoms with Crippen LogP contribution in [0.4, 0.5) is 0 Å². The molecule has 0 bridgehead atoms. The van der Waals surface area contributed by atoms with Crippen LogP contribution in [0.25, 0.3) is 0 Å². The number of carbonyl (C=O) groups excluding carboxylic acids is 1. The van der Waals surface area contributed by atoms with Gasteiger partial charge in [-0.1, -0.05) is 13.8 Å². The van der Waals surface area contributed by atoms with E-state index in [2.05, 4.69) is 5.32 Å². The summed E-state index contributed by atoms with van der Waals surface area (Å²) in [5, 5.41) is 11.6. The fourth-order valence-corrected chi connectivity index (χ4v) is 1.91. The molecular formula is C12H21NO4. The molecule has 0 aromatic heterocycles. The van der Waals surface area contributed by atoms with Crippen LogP contribution in [-0.2, 0) is 14.3 Å². The molecule has 17 heavy (non-hydrogen) atoms. The van der Waals surface area contributed by atoms with Crippen LogP contribution in [0.5, 0.6) is 0 Å². The lowest BCUT2D eigenvalue weighted by molar-refractivity contribution is -0.145. The Morgan fingerprint density at radius 2 is 2.12 bits per heavy atom. The van der Waals surface area contributed by atoms with Gasteiger partial charge in [-0.3, -0.25) is 4.79 Å². The summed E-state index contributed by atoms with van der Waals surface area (Å²) in [7, 11) is 0. The van der Waals surface area contributed by atoms with Gasteiger partial charge >= 0.3 is 5.97 Å². The molecule has 1 rings (SSSR count). The molecule has 5 nitrogen and oxygen atoms in total. The lowest BCUT2D eigenvalue weighted by atomic mass is 10.0. The van der Waals surface area contributed by atoms with Crippen molar-refractivity contribution in [1.82, 2.24) is 5.32 Å². The largest absolute Gasteiger partial charge is 0.480 e. The third-order valence-electron chi connectivity index (χ3n) is 2.79. The maximum absolute atomic E-state index is 11.8. The average molecular weight is 243 g/mol. The van der Waals surface area contributed by atoms with Gasteiger partial charge in [-0.15, -0.1) is 0 Å². The molecule has 2 N–H and O–H groups in total. The van der Waals surface area contributed by atoms with Gasteiger partial charge in [0.05, 0.1) is 0 Å². The molecule has 0 spiro atoms. The third kappa shape index (κ3) is 4.73. The first-order valence-corrected chi connectivity index (χ1v) is 6.15. The summed E-state index contributed by atoms with van der Waals surface area (Å²) in [6, 6.07) is -0.812. The van der Waals surface area contributed by atoms with Crippen molar-refractivity contribution in [3.05, 3.63) is 0 Å². The summed E-state index contributed by atoms with van der Waals surface area (Å²) >= 11 is 0. The summed E-state index contributed by atoms with van der Waals surface area (Å²) in [5.41, 5.74) is 0. The van der Waals surface area contributed by atoms with Gasteiger partial charge < -0.3 is 15.2 Å². The highest BCUT2D eigenvalue weighted by Crippen LogP contribution is 2.13. The monoisotopic (exact) mass is 243 g/mol. The lowest BCUT2D eigenvalue weighted by Crippen LogP contribution is -2.47. The van der Waals surface area contributed by atoms with Gasteiger partial charge in [0.1, 0.15) is 12.1 Å². The van der Waals surface area contributed by atoms with E-state index in [9.17, 15) is 9.59 Å². The van der Waals surface area contributed by atoms with E-state index in [1.807, 2.05) is 13.8 Å². The van der Waals surface area contributed by atoms with Crippen molar-refractivity contribution in [1.29, 1.82) is 0 Å². The van der Waals surface area contributed by atoms with Crippen LogP contribution >= 0.6 is 0 Å². The van der Waals surface area contributed by atoms with Gasteiger partial charge in [-0.2, -0.15) is 0 Å². The molecule has 0 radical (unpaired) electrons. The maximum atomic E-state index is 11.8. The highest BCUT2D eigenvalue weighted by Gasteiger charge is 2.27. The van der Waals surface area contributed by atoms with E-state index in [-0.39, 0.29) is 11.8 Å². The van der Waals surface area contributed by atoms with Gasteiger partial charge in [-0.25, -0.2) is 4.79 Å². The number of nitrogens with one attached hydrogen (secondary N) is 1. The second-order valence-corrected chi connectivity index (χ2v) is 4.88. The van der Waals surface area contributed by atoms with E-state index in [4.69, 9.17) is 9.84 Å². The molecule has 1 amide bonds. The summed E-state index contributed by atoms with van der Waals surface area (Å²) in [6.07, 6.45) is 2.57. The van der Waals surface area contributed by atoms with Crippen LogP contribution in [0.15, 0.2) is 0 Å². The summed E-state index contributed by atoms with van der Waals surface area (Å²) in [4.78, 5) is 22.8. The molecule has 0 saturated carbocycles. The predicted octanol–water partition coefficient (Wildman–Crippen LogP) is 1.17. The Hall–Kier alpha value is -1.10. The van der Waals surface area contributed by atoms with Gasteiger partial charge in [-0.05, 0) is 31.6 Å². The summed E-state index contributed by atoms with van der Waals surface area (Å²) in [5.74, 6) is -1.05. The lowest BCUT2D eigenvalue weighted by Gasteiger charge is -2.24. The van der Waals surface area contributed by atoms with Gasteiger partial charge in [0.25, 0.3) is 0 Å². The highest BCUT2D eigenvalue weighted by atomic mass is 16.5. The van der Waals surface area contributed by atoms with E-state index in [0.29, 0.717) is 19.4 Å². The zero-order chi connectivity index (χ0) is 12.8. The van der Waals surface area contributed by atoms with Crippen LogP contribution in [0.3, 0.4) is 0 Å². The number of rotatable bonds is 5. The first kappa shape index (κ1) is 14.0. The quantitative estimate of drug-likeness (QED) is 0.760. The molecule has 0 aromatic carbocycles. The number of carboxylic acid groups (broad SMARTS) is 1. The minimum atomic E-state index is -0.983. The third-order valence-corrected chi connectivity index (χ3v) is 2.79. The second-order valence-electron chi connectivity index (χ2n) is 4.88. The van der Waals surface area contributed by atoms with Gasteiger partial charge in [0.15, 0.2) is 0 Å². The molecule has 1 aliphatic rings. The van der Waals surface area contributed by atoms with Gasteiger partial charge in [0.2, 0.25) is 5.91 Å². The van der Waals surface area contributed by atoms with Crippen LogP contribution in [0.1, 0.15) is 39.5 Å². The number of hydrogen-bond acceptors (Lipinski definition) is 3. The molecule has 98 valence electrons. The maximum Gasteiger partial charge on any atom is 0.326 e. The predicted molar refractivity (Wildman–Crippen MR) is 62.6 cm³/mol. The Balaban J connectivity index is 2.47. The summed E-state index contributed by atoms with van der Waals surface area (Å²) in [6.45, 7) is 4.44. The zero-order valence-corrected chi connectivity index (χ0v) is 10.4. The number of aliphatic carboxylic acids is 1. The van der Waals surface area contributed by atoms with E-state index < -0.39 is 18.1 Å².